The van der Waals surface area contributed by atoms with Gasteiger partial charge in [-0.05, 0) is 18.8 Å². The Morgan fingerprint density at radius 3 is 2.82 bits per heavy atom. The van der Waals surface area contributed by atoms with E-state index in [1.54, 1.807) is 0 Å². The van der Waals surface area contributed by atoms with Gasteiger partial charge in [-0.2, -0.15) is 0 Å². The Balaban J connectivity index is 2.28. The van der Waals surface area contributed by atoms with Crippen molar-refractivity contribution in [3.8, 4) is 0 Å². The summed E-state index contributed by atoms with van der Waals surface area (Å²) in [7, 11) is 1.90. The van der Waals surface area contributed by atoms with Crippen molar-refractivity contribution < 1.29 is 4.74 Å². The molecule has 1 N–H and O–H groups in total. The maximum Gasteiger partial charge on any atom is 0.136 e. The summed E-state index contributed by atoms with van der Waals surface area (Å²) in [6.07, 6.45) is 2.24. The van der Waals surface area contributed by atoms with Crippen LogP contribution in [-0.4, -0.2) is 30.2 Å². The first kappa shape index (κ1) is 12.3. The van der Waals surface area contributed by atoms with Crippen LogP contribution in [0.15, 0.2) is 6.07 Å². The summed E-state index contributed by atoms with van der Waals surface area (Å²) in [6.45, 7) is 5.94. The summed E-state index contributed by atoms with van der Waals surface area (Å²) in [4.78, 5) is 9.23. The van der Waals surface area contributed by atoms with E-state index in [0.717, 1.165) is 43.4 Å². The van der Waals surface area contributed by atoms with Crippen LogP contribution in [0.4, 0.5) is 5.82 Å². The smallest absolute Gasteiger partial charge is 0.136 e. The Morgan fingerprint density at radius 1 is 1.41 bits per heavy atom. The van der Waals surface area contributed by atoms with Crippen molar-refractivity contribution in [2.45, 2.75) is 38.5 Å². The molecule has 0 spiro atoms. The van der Waals surface area contributed by atoms with Gasteiger partial charge in [-0.1, -0.05) is 13.8 Å². The van der Waals surface area contributed by atoms with Crippen molar-refractivity contribution in [3.05, 3.63) is 17.6 Å². The number of hydrogen-bond acceptors (Lipinski definition) is 4. The first-order chi connectivity index (χ1) is 8.20. The normalized spacial score (nSPS) is 20.6. The van der Waals surface area contributed by atoms with Crippen molar-refractivity contribution in [3.63, 3.8) is 0 Å². The molecule has 0 bridgehead atoms. The van der Waals surface area contributed by atoms with E-state index in [1.807, 2.05) is 13.1 Å². The van der Waals surface area contributed by atoms with Gasteiger partial charge in [0.2, 0.25) is 0 Å². The van der Waals surface area contributed by atoms with Crippen LogP contribution in [0, 0.1) is 0 Å². The molecule has 0 aromatic carbocycles. The van der Waals surface area contributed by atoms with E-state index in [0.29, 0.717) is 11.8 Å². The van der Waals surface area contributed by atoms with Gasteiger partial charge in [-0.3, -0.25) is 0 Å². The van der Waals surface area contributed by atoms with Crippen LogP contribution in [-0.2, 0) is 4.74 Å². The molecular weight excluding hydrogens is 214 g/mol. The van der Waals surface area contributed by atoms with Crippen molar-refractivity contribution in [1.82, 2.24) is 9.97 Å². The molecule has 1 aromatic heterocycles. The first-order valence-corrected chi connectivity index (χ1v) is 6.35. The van der Waals surface area contributed by atoms with Gasteiger partial charge in [0.15, 0.2) is 0 Å². The molecule has 1 fully saturated rings. The third-order valence-corrected chi connectivity index (χ3v) is 3.14. The molecular formula is C13H21N3O. The molecule has 1 aromatic rings. The van der Waals surface area contributed by atoms with Crippen molar-refractivity contribution in [1.29, 1.82) is 0 Å². The SMILES string of the molecule is CNc1cc(C(C)C)nc(C2CCCOC2)n1. The number of anilines is 1. The zero-order chi connectivity index (χ0) is 12.3. The van der Waals surface area contributed by atoms with E-state index in [1.165, 1.54) is 0 Å². The minimum atomic E-state index is 0.356. The van der Waals surface area contributed by atoms with Crippen molar-refractivity contribution >= 4 is 5.82 Å². The molecule has 17 heavy (non-hydrogen) atoms. The average Bonchev–Trinajstić information content (AvgIpc) is 2.39. The third kappa shape index (κ3) is 2.94. The van der Waals surface area contributed by atoms with Gasteiger partial charge < -0.3 is 10.1 Å². The van der Waals surface area contributed by atoms with E-state index >= 15 is 0 Å². The van der Waals surface area contributed by atoms with Crippen LogP contribution >= 0.6 is 0 Å². The van der Waals surface area contributed by atoms with Gasteiger partial charge in [0.25, 0.3) is 0 Å². The van der Waals surface area contributed by atoms with Crippen LogP contribution in [0.1, 0.15) is 50.0 Å². The molecule has 0 aliphatic carbocycles. The fourth-order valence-corrected chi connectivity index (χ4v) is 2.04. The molecule has 1 unspecified atom stereocenters. The van der Waals surface area contributed by atoms with Crippen LogP contribution in [0.3, 0.4) is 0 Å². The topological polar surface area (TPSA) is 47.0 Å². The number of nitrogens with one attached hydrogen (secondary N) is 1. The highest BCUT2D eigenvalue weighted by atomic mass is 16.5. The summed E-state index contributed by atoms with van der Waals surface area (Å²) in [5.41, 5.74) is 1.10. The lowest BCUT2D eigenvalue weighted by atomic mass is 10.0. The molecule has 0 saturated carbocycles. The summed E-state index contributed by atoms with van der Waals surface area (Å²) in [6, 6.07) is 2.03. The second-order valence-electron chi connectivity index (χ2n) is 4.86. The molecule has 1 aliphatic heterocycles. The summed E-state index contributed by atoms with van der Waals surface area (Å²) in [5, 5.41) is 3.11. The highest BCUT2D eigenvalue weighted by Gasteiger charge is 2.20. The van der Waals surface area contributed by atoms with Gasteiger partial charge in [-0.15, -0.1) is 0 Å². The van der Waals surface area contributed by atoms with Crippen LogP contribution in [0.2, 0.25) is 0 Å². The second kappa shape index (κ2) is 5.45. The monoisotopic (exact) mass is 235 g/mol. The van der Waals surface area contributed by atoms with Crippen molar-refractivity contribution in [2.75, 3.05) is 25.6 Å². The Labute approximate surface area is 103 Å². The Hall–Kier alpha value is -1.16. The number of nitrogens with zero attached hydrogens (tertiary/aromatic N) is 2. The summed E-state index contributed by atoms with van der Waals surface area (Å²) < 4.78 is 5.51. The molecule has 4 heteroatoms. The Morgan fingerprint density at radius 2 is 2.24 bits per heavy atom. The average molecular weight is 235 g/mol. The summed E-state index contributed by atoms with van der Waals surface area (Å²) >= 11 is 0. The molecule has 2 heterocycles. The largest absolute Gasteiger partial charge is 0.381 e. The lowest BCUT2D eigenvalue weighted by molar-refractivity contribution is 0.0780. The van der Waals surface area contributed by atoms with E-state index < -0.39 is 0 Å². The van der Waals surface area contributed by atoms with Crippen LogP contribution in [0.5, 0.6) is 0 Å². The predicted molar refractivity (Wildman–Crippen MR) is 68.5 cm³/mol. The zero-order valence-corrected chi connectivity index (χ0v) is 10.9. The maximum atomic E-state index is 5.51. The fraction of sp³-hybridized carbons (Fsp3) is 0.692. The van der Waals surface area contributed by atoms with E-state index in [-0.39, 0.29) is 0 Å². The quantitative estimate of drug-likeness (QED) is 0.874. The lowest BCUT2D eigenvalue weighted by Gasteiger charge is -2.22. The van der Waals surface area contributed by atoms with Crippen molar-refractivity contribution in [2.24, 2.45) is 0 Å². The minimum absolute atomic E-state index is 0.356. The third-order valence-electron chi connectivity index (χ3n) is 3.14. The number of ether oxygens (including phenoxy) is 1. The Bertz CT molecular complexity index is 373. The molecule has 4 nitrogen and oxygen atoms in total. The van der Waals surface area contributed by atoms with Gasteiger partial charge in [0.1, 0.15) is 11.6 Å². The Kier molecular flexibility index (Phi) is 3.94. The van der Waals surface area contributed by atoms with Gasteiger partial charge in [0.05, 0.1) is 6.61 Å². The number of hydrogen-bond donors (Lipinski definition) is 1. The highest BCUT2D eigenvalue weighted by Crippen LogP contribution is 2.25. The van der Waals surface area contributed by atoms with Gasteiger partial charge in [-0.25, -0.2) is 9.97 Å². The second-order valence-corrected chi connectivity index (χ2v) is 4.86. The zero-order valence-electron chi connectivity index (χ0n) is 10.9. The van der Waals surface area contributed by atoms with Crippen LogP contribution in [0.25, 0.3) is 0 Å². The predicted octanol–water partition coefficient (Wildman–Crippen LogP) is 2.54. The fourth-order valence-electron chi connectivity index (χ4n) is 2.04. The van der Waals surface area contributed by atoms with E-state index in [4.69, 9.17) is 4.74 Å². The van der Waals surface area contributed by atoms with Gasteiger partial charge >= 0.3 is 0 Å². The molecule has 1 atom stereocenters. The molecule has 94 valence electrons. The molecule has 1 aliphatic rings. The highest BCUT2D eigenvalue weighted by molar-refractivity contribution is 5.36. The molecule has 0 amide bonds. The summed E-state index contributed by atoms with van der Waals surface area (Å²) in [5.74, 6) is 2.62. The number of rotatable bonds is 3. The van der Waals surface area contributed by atoms with E-state index in [2.05, 4.69) is 29.1 Å². The minimum Gasteiger partial charge on any atom is -0.381 e. The van der Waals surface area contributed by atoms with E-state index in [9.17, 15) is 0 Å². The van der Waals surface area contributed by atoms with Crippen LogP contribution < -0.4 is 5.32 Å². The molecule has 0 radical (unpaired) electrons. The standard InChI is InChI=1S/C13H21N3O/c1-9(2)11-7-12(14-3)16-13(15-11)10-5-4-6-17-8-10/h7,9-10H,4-6,8H2,1-3H3,(H,14,15,16). The first-order valence-electron chi connectivity index (χ1n) is 6.35. The number of aromatic nitrogens is 2. The van der Waals surface area contributed by atoms with Gasteiger partial charge in [0, 0.05) is 31.3 Å². The lowest BCUT2D eigenvalue weighted by Crippen LogP contribution is -2.19. The molecule has 2 rings (SSSR count). The molecule has 1 saturated heterocycles. The maximum absolute atomic E-state index is 5.51.